The van der Waals surface area contributed by atoms with Gasteiger partial charge in [0.1, 0.15) is 11.5 Å². The number of aryl methyl sites for hydroxylation is 2. The van der Waals surface area contributed by atoms with Gasteiger partial charge in [0.2, 0.25) is 0 Å². The summed E-state index contributed by atoms with van der Waals surface area (Å²) in [7, 11) is 0. The van der Waals surface area contributed by atoms with Crippen LogP contribution in [0.4, 0.5) is 0 Å². The average Bonchev–Trinajstić information content (AvgIpc) is 2.33. The highest BCUT2D eigenvalue weighted by Crippen LogP contribution is 2.33. The fourth-order valence-electron chi connectivity index (χ4n) is 1.91. The fraction of sp³-hybridized carbons (Fsp3) is 0.133. The molecule has 0 amide bonds. The fourth-order valence-corrected chi connectivity index (χ4v) is 2.76. The van der Waals surface area contributed by atoms with Gasteiger partial charge >= 0.3 is 5.97 Å². The number of hydrogen-bond donors (Lipinski definition) is 1. The van der Waals surface area contributed by atoms with Gasteiger partial charge in [0.05, 0.1) is 5.56 Å². The molecule has 0 fully saturated rings. The molecule has 2 aromatic carbocycles. The Morgan fingerprint density at radius 1 is 1.20 bits per heavy atom. The van der Waals surface area contributed by atoms with Crippen molar-refractivity contribution in [1.82, 2.24) is 0 Å². The van der Waals surface area contributed by atoms with Gasteiger partial charge in [-0.25, -0.2) is 4.79 Å². The van der Waals surface area contributed by atoms with Gasteiger partial charge in [-0.3, -0.25) is 0 Å². The van der Waals surface area contributed by atoms with Crippen LogP contribution in [0.3, 0.4) is 0 Å². The summed E-state index contributed by atoms with van der Waals surface area (Å²) in [5, 5.41) is 9.64. The van der Waals surface area contributed by atoms with E-state index in [4.69, 9.17) is 21.4 Å². The van der Waals surface area contributed by atoms with Gasteiger partial charge in [-0.15, -0.1) is 0 Å². The third-order valence-corrected chi connectivity index (χ3v) is 3.69. The second kappa shape index (κ2) is 5.85. The summed E-state index contributed by atoms with van der Waals surface area (Å²) in [6, 6.07) is 8.41. The predicted molar refractivity (Wildman–Crippen MR) is 82.1 cm³/mol. The van der Waals surface area contributed by atoms with E-state index in [0.29, 0.717) is 15.2 Å². The van der Waals surface area contributed by atoms with E-state index < -0.39 is 5.97 Å². The van der Waals surface area contributed by atoms with E-state index in [2.05, 4.69) is 15.9 Å². The topological polar surface area (TPSA) is 46.5 Å². The van der Waals surface area contributed by atoms with Gasteiger partial charge in [0.15, 0.2) is 0 Å². The quantitative estimate of drug-likeness (QED) is 0.822. The number of benzene rings is 2. The lowest BCUT2D eigenvalue weighted by molar-refractivity contribution is 0.0696. The number of hydrogen-bond acceptors (Lipinski definition) is 2. The number of carbonyl (C=O) groups is 1. The maximum Gasteiger partial charge on any atom is 0.336 e. The van der Waals surface area contributed by atoms with Gasteiger partial charge in [-0.2, -0.15) is 0 Å². The molecule has 0 heterocycles. The number of rotatable bonds is 3. The third kappa shape index (κ3) is 3.14. The van der Waals surface area contributed by atoms with Crippen molar-refractivity contribution in [2.24, 2.45) is 0 Å². The SMILES string of the molecule is Cc1cc(Cl)cc(C)c1Oc1ccc(C(=O)O)c(Br)c1. The molecule has 0 radical (unpaired) electrons. The first-order chi connectivity index (χ1) is 9.38. The second-order valence-electron chi connectivity index (χ2n) is 4.42. The van der Waals surface area contributed by atoms with Crippen LogP contribution >= 0.6 is 27.5 Å². The van der Waals surface area contributed by atoms with Gasteiger partial charge in [-0.05, 0) is 71.2 Å². The summed E-state index contributed by atoms with van der Waals surface area (Å²) in [4.78, 5) is 11.0. The van der Waals surface area contributed by atoms with Crippen LogP contribution in [-0.2, 0) is 0 Å². The Labute approximate surface area is 130 Å². The van der Waals surface area contributed by atoms with E-state index in [9.17, 15) is 4.79 Å². The van der Waals surface area contributed by atoms with E-state index in [-0.39, 0.29) is 5.56 Å². The first-order valence-electron chi connectivity index (χ1n) is 5.86. The van der Waals surface area contributed by atoms with Crippen molar-refractivity contribution in [3.8, 4) is 11.5 Å². The van der Waals surface area contributed by atoms with Crippen LogP contribution in [-0.4, -0.2) is 11.1 Å². The summed E-state index contributed by atoms with van der Waals surface area (Å²) >= 11 is 9.21. The van der Waals surface area contributed by atoms with E-state index in [1.54, 1.807) is 12.1 Å². The molecule has 0 spiro atoms. The zero-order valence-electron chi connectivity index (χ0n) is 10.9. The van der Waals surface area contributed by atoms with Crippen LogP contribution in [0.25, 0.3) is 0 Å². The van der Waals surface area contributed by atoms with E-state index in [0.717, 1.165) is 16.9 Å². The lowest BCUT2D eigenvalue weighted by Gasteiger charge is -2.13. The molecule has 5 heteroatoms. The molecule has 0 bridgehead atoms. The van der Waals surface area contributed by atoms with Gasteiger partial charge in [-0.1, -0.05) is 11.6 Å². The standard InChI is InChI=1S/C15H12BrClO3/c1-8-5-10(17)6-9(2)14(8)20-11-3-4-12(15(18)19)13(16)7-11/h3-7H,1-2H3,(H,18,19). The molecule has 3 nitrogen and oxygen atoms in total. The van der Waals surface area contributed by atoms with Crippen LogP contribution in [0.15, 0.2) is 34.8 Å². The smallest absolute Gasteiger partial charge is 0.336 e. The second-order valence-corrected chi connectivity index (χ2v) is 5.71. The summed E-state index contributed by atoms with van der Waals surface area (Å²) in [6.07, 6.45) is 0. The van der Waals surface area contributed by atoms with Crippen molar-refractivity contribution in [1.29, 1.82) is 0 Å². The van der Waals surface area contributed by atoms with Crippen LogP contribution < -0.4 is 4.74 Å². The van der Waals surface area contributed by atoms with Crippen molar-refractivity contribution in [3.63, 3.8) is 0 Å². The van der Waals surface area contributed by atoms with Gasteiger partial charge in [0, 0.05) is 9.50 Å². The minimum atomic E-state index is -0.984. The Bertz CT molecular complexity index is 660. The molecular formula is C15H12BrClO3. The highest BCUT2D eigenvalue weighted by Gasteiger charge is 2.11. The van der Waals surface area contributed by atoms with Gasteiger partial charge < -0.3 is 9.84 Å². The molecule has 1 N–H and O–H groups in total. The Hall–Kier alpha value is -1.52. The van der Waals surface area contributed by atoms with E-state index in [1.807, 2.05) is 26.0 Å². The van der Waals surface area contributed by atoms with Crippen LogP contribution in [0.2, 0.25) is 5.02 Å². The monoisotopic (exact) mass is 354 g/mol. The number of halogens is 2. The molecule has 104 valence electrons. The highest BCUT2D eigenvalue weighted by atomic mass is 79.9. The molecule has 0 aliphatic heterocycles. The third-order valence-electron chi connectivity index (χ3n) is 2.82. The van der Waals surface area contributed by atoms with Crippen molar-refractivity contribution < 1.29 is 14.6 Å². The molecule has 0 saturated heterocycles. The highest BCUT2D eigenvalue weighted by molar-refractivity contribution is 9.10. The molecule has 2 aromatic rings. The zero-order chi connectivity index (χ0) is 14.9. The number of aromatic carboxylic acids is 1. The Kier molecular flexibility index (Phi) is 4.35. The van der Waals surface area contributed by atoms with Crippen LogP contribution in [0, 0.1) is 13.8 Å². The Morgan fingerprint density at radius 3 is 2.30 bits per heavy atom. The maximum absolute atomic E-state index is 11.0. The number of carboxylic acid groups (broad SMARTS) is 1. The molecule has 0 unspecified atom stereocenters. The lowest BCUT2D eigenvalue weighted by atomic mass is 10.1. The molecule has 0 aromatic heterocycles. The number of ether oxygens (including phenoxy) is 1. The predicted octanol–water partition coefficient (Wildman–Crippen LogP) is 5.21. The average molecular weight is 356 g/mol. The molecular weight excluding hydrogens is 344 g/mol. The normalized spacial score (nSPS) is 10.4. The largest absolute Gasteiger partial charge is 0.478 e. The minimum Gasteiger partial charge on any atom is -0.478 e. The Balaban J connectivity index is 2.36. The summed E-state index contributed by atoms with van der Waals surface area (Å²) in [5.41, 5.74) is 2.05. The van der Waals surface area contributed by atoms with E-state index in [1.165, 1.54) is 6.07 Å². The minimum absolute atomic E-state index is 0.196. The van der Waals surface area contributed by atoms with Crippen molar-refractivity contribution >= 4 is 33.5 Å². The van der Waals surface area contributed by atoms with Crippen LogP contribution in [0.1, 0.15) is 21.5 Å². The summed E-state index contributed by atoms with van der Waals surface area (Å²) in [5.74, 6) is 0.307. The zero-order valence-corrected chi connectivity index (χ0v) is 13.2. The van der Waals surface area contributed by atoms with Gasteiger partial charge in [0.25, 0.3) is 0 Å². The molecule has 0 aliphatic carbocycles. The lowest BCUT2D eigenvalue weighted by Crippen LogP contribution is -1.98. The van der Waals surface area contributed by atoms with Crippen molar-refractivity contribution in [2.45, 2.75) is 13.8 Å². The van der Waals surface area contributed by atoms with Crippen LogP contribution in [0.5, 0.6) is 11.5 Å². The summed E-state index contributed by atoms with van der Waals surface area (Å²) < 4.78 is 6.31. The van der Waals surface area contributed by atoms with Crippen molar-refractivity contribution in [3.05, 3.63) is 56.5 Å². The van der Waals surface area contributed by atoms with Crippen molar-refractivity contribution in [2.75, 3.05) is 0 Å². The summed E-state index contributed by atoms with van der Waals surface area (Å²) in [6.45, 7) is 3.82. The number of carboxylic acids is 1. The molecule has 20 heavy (non-hydrogen) atoms. The first kappa shape index (κ1) is 14.9. The molecule has 2 rings (SSSR count). The molecule has 0 atom stereocenters. The van der Waals surface area contributed by atoms with E-state index >= 15 is 0 Å². The first-order valence-corrected chi connectivity index (χ1v) is 7.03. The maximum atomic E-state index is 11.0. The Morgan fingerprint density at radius 2 is 1.80 bits per heavy atom. The molecule has 0 saturated carbocycles. The molecule has 0 aliphatic rings.